The first-order chi connectivity index (χ1) is 47.9. The number of rotatable bonds is 13. The molecule has 1 atom stereocenters. The number of esters is 4. The van der Waals surface area contributed by atoms with Crippen molar-refractivity contribution in [2.75, 3.05) is 0 Å². The molecule has 0 aromatic heterocycles. The maximum absolute atomic E-state index is 13.7. The number of carbonyl (C=O) groups is 4. The molecule has 0 radical (unpaired) electrons. The van der Waals surface area contributed by atoms with E-state index in [-0.39, 0.29) is 0 Å². The molecule has 0 spiro atoms. The number of hydrogen-bond acceptors (Lipinski definition) is 8. The van der Waals surface area contributed by atoms with Gasteiger partial charge in [-0.2, -0.15) is 0 Å². The molecule has 0 N–H and O–H groups in total. The zero-order chi connectivity index (χ0) is 66.6. The molecule has 0 fully saturated rings. The molecule has 2 aliphatic carbocycles. The van der Waals surface area contributed by atoms with Gasteiger partial charge in [0.25, 0.3) is 0 Å². The smallest absolute Gasteiger partial charge is 0.335 e. The van der Waals surface area contributed by atoms with E-state index in [4.69, 9.17) is 18.9 Å². The molecule has 0 saturated heterocycles. The third-order valence-corrected chi connectivity index (χ3v) is 19.9. The average molecular weight is 1270 g/mol. The monoisotopic (exact) mass is 1260 g/mol. The van der Waals surface area contributed by atoms with Crippen molar-refractivity contribution in [1.29, 1.82) is 0 Å². The summed E-state index contributed by atoms with van der Waals surface area (Å²) < 4.78 is 23.2. The molecular formula is C90H56O8. The fraction of sp³-hybridized carbons (Fsp3) is 0.0222. The summed E-state index contributed by atoms with van der Waals surface area (Å²) in [6.07, 6.45) is 4.66. The van der Waals surface area contributed by atoms with Crippen LogP contribution in [-0.2, 0) is 30.0 Å². The molecule has 0 bridgehead atoms. The van der Waals surface area contributed by atoms with Crippen LogP contribution in [0.25, 0.3) is 109 Å². The Hall–Kier alpha value is -13.0. The Kier molecular flexibility index (Phi) is 13.7. The van der Waals surface area contributed by atoms with Crippen molar-refractivity contribution < 1.29 is 38.1 Å². The summed E-state index contributed by atoms with van der Waals surface area (Å²) in [4.78, 5) is 51.0. The van der Waals surface area contributed by atoms with Gasteiger partial charge in [-0.15, -0.1) is 0 Å². The fourth-order valence-electron chi connectivity index (χ4n) is 15.7. The highest BCUT2D eigenvalue weighted by atomic mass is 16.5. The van der Waals surface area contributed by atoms with Gasteiger partial charge in [-0.1, -0.05) is 202 Å². The van der Waals surface area contributed by atoms with E-state index in [2.05, 4.69) is 227 Å². The van der Waals surface area contributed by atoms with E-state index in [1.165, 1.54) is 11.6 Å². The molecule has 8 heteroatoms. The van der Waals surface area contributed by atoms with Gasteiger partial charge in [-0.25, -0.2) is 19.2 Å². The topological polar surface area (TPSA) is 105 Å². The minimum atomic E-state index is -0.947. The standard InChI is InChI=1S/C90H56O8/c1-5-83(91)95-68-36-27-56-42-64(32-24-59(56)46-68)89(78-23-14-13-21-74(78)87-71-20-12-11-16-53(71)30-40-79(87)89)67-35-39-72-63(45-67)31-41-82(98-86(94)8-4)88(72)73-22-15-19-62-51-81-77(52-75(62)73)76-49-54-17-9-10-18-55(54)50-80(76)90(81,65-33-25-60-47-69(96-84(92)6-2)37-28-57(60)43-65)66-34-26-61-48-70(97-85(93)7-3)38-29-58(61)44-66/h5-52H,1-4H2. The van der Waals surface area contributed by atoms with Gasteiger partial charge in [-0.05, 0) is 239 Å². The van der Waals surface area contributed by atoms with Crippen LogP contribution in [0.2, 0.25) is 0 Å². The van der Waals surface area contributed by atoms with E-state index in [9.17, 15) is 19.2 Å². The van der Waals surface area contributed by atoms with Crippen molar-refractivity contribution in [3.8, 4) is 56.4 Å². The van der Waals surface area contributed by atoms with Crippen molar-refractivity contribution in [3.05, 3.63) is 362 Å². The van der Waals surface area contributed by atoms with E-state index in [0.717, 1.165) is 166 Å². The minimum Gasteiger partial charge on any atom is -0.423 e. The van der Waals surface area contributed by atoms with Crippen LogP contribution in [0, 0.1) is 0 Å². The van der Waals surface area contributed by atoms with Crippen LogP contribution in [-0.4, -0.2) is 23.9 Å². The highest BCUT2D eigenvalue weighted by Crippen LogP contribution is 2.61. The molecule has 2 aliphatic rings. The molecule has 8 nitrogen and oxygen atoms in total. The summed E-state index contributed by atoms with van der Waals surface area (Å²) in [6, 6.07) is 93.2. The Morgan fingerprint density at radius 3 is 1.22 bits per heavy atom. The van der Waals surface area contributed by atoms with E-state index < -0.39 is 34.7 Å². The largest absolute Gasteiger partial charge is 0.423 e. The second kappa shape index (κ2) is 22.9. The number of hydrogen-bond donors (Lipinski definition) is 0. The maximum atomic E-state index is 13.7. The third kappa shape index (κ3) is 9.14. The third-order valence-electron chi connectivity index (χ3n) is 19.9. The predicted octanol–water partition coefficient (Wildman–Crippen LogP) is 20.5. The van der Waals surface area contributed by atoms with Gasteiger partial charge < -0.3 is 18.9 Å². The summed E-state index contributed by atoms with van der Waals surface area (Å²) in [5.74, 6) is -0.569. The fourth-order valence-corrected chi connectivity index (χ4v) is 15.7. The van der Waals surface area contributed by atoms with E-state index in [1.807, 2.05) is 66.7 Å². The number of benzene rings is 15. The second-order valence-electron chi connectivity index (χ2n) is 25.0. The first kappa shape index (κ1) is 58.8. The van der Waals surface area contributed by atoms with Crippen LogP contribution in [0.1, 0.15) is 44.5 Å². The van der Waals surface area contributed by atoms with Crippen molar-refractivity contribution in [3.63, 3.8) is 0 Å². The van der Waals surface area contributed by atoms with Crippen LogP contribution in [0.4, 0.5) is 0 Å². The molecule has 15 aromatic rings. The molecule has 15 aromatic carbocycles. The van der Waals surface area contributed by atoms with Gasteiger partial charge in [0.05, 0.1) is 10.8 Å². The Morgan fingerprint density at radius 1 is 0.255 bits per heavy atom. The lowest BCUT2D eigenvalue weighted by Crippen LogP contribution is -2.28. The molecule has 1 unspecified atom stereocenters. The minimum absolute atomic E-state index is 0.381. The second-order valence-corrected chi connectivity index (χ2v) is 25.0. The molecule has 464 valence electrons. The predicted molar refractivity (Wildman–Crippen MR) is 392 cm³/mol. The summed E-state index contributed by atoms with van der Waals surface area (Å²) in [6.45, 7) is 14.6. The highest BCUT2D eigenvalue weighted by Gasteiger charge is 2.49. The van der Waals surface area contributed by atoms with Gasteiger partial charge >= 0.3 is 23.9 Å². The maximum Gasteiger partial charge on any atom is 0.335 e. The van der Waals surface area contributed by atoms with Crippen LogP contribution in [0.15, 0.2) is 318 Å². The molecule has 0 heterocycles. The van der Waals surface area contributed by atoms with Crippen LogP contribution >= 0.6 is 0 Å². The Morgan fingerprint density at radius 2 is 0.643 bits per heavy atom. The number of carbonyl (C=O) groups excluding carboxylic acids is 4. The molecule has 98 heavy (non-hydrogen) atoms. The van der Waals surface area contributed by atoms with Gasteiger partial charge in [-0.3, -0.25) is 0 Å². The molecule has 0 saturated carbocycles. The first-order valence-electron chi connectivity index (χ1n) is 32.3. The van der Waals surface area contributed by atoms with E-state index in [1.54, 1.807) is 0 Å². The van der Waals surface area contributed by atoms with E-state index in [0.29, 0.717) is 23.0 Å². The normalized spacial score (nSPS) is 14.0. The summed E-state index contributed by atoms with van der Waals surface area (Å²) in [5.41, 5.74) is 12.7. The lowest BCUT2D eigenvalue weighted by molar-refractivity contribution is -0.129. The van der Waals surface area contributed by atoms with Gasteiger partial charge in [0.15, 0.2) is 0 Å². The van der Waals surface area contributed by atoms with Crippen molar-refractivity contribution in [1.82, 2.24) is 0 Å². The van der Waals surface area contributed by atoms with Crippen molar-refractivity contribution >= 4 is 99.3 Å². The van der Waals surface area contributed by atoms with Gasteiger partial charge in [0, 0.05) is 29.9 Å². The van der Waals surface area contributed by atoms with Gasteiger partial charge in [0.2, 0.25) is 0 Å². The zero-order valence-corrected chi connectivity index (χ0v) is 52.8. The van der Waals surface area contributed by atoms with E-state index >= 15 is 0 Å². The Balaban J connectivity index is 0.907. The van der Waals surface area contributed by atoms with Crippen LogP contribution < -0.4 is 18.9 Å². The van der Waals surface area contributed by atoms with Crippen LogP contribution in [0.3, 0.4) is 0 Å². The first-order valence-corrected chi connectivity index (χ1v) is 32.3. The quantitative estimate of drug-likeness (QED) is 0.0639. The molecular weight excluding hydrogens is 1210 g/mol. The molecule has 0 aliphatic heterocycles. The summed E-state index contributed by atoms with van der Waals surface area (Å²) >= 11 is 0. The van der Waals surface area contributed by atoms with Crippen molar-refractivity contribution in [2.45, 2.75) is 10.8 Å². The molecule has 0 amide bonds. The summed E-state index contributed by atoms with van der Waals surface area (Å²) in [5, 5.41) is 13.7. The highest BCUT2D eigenvalue weighted by molar-refractivity contribution is 6.12. The molecule has 17 rings (SSSR count). The Bertz CT molecular complexity index is 5980. The summed E-state index contributed by atoms with van der Waals surface area (Å²) in [7, 11) is 0. The zero-order valence-electron chi connectivity index (χ0n) is 52.8. The lowest BCUT2D eigenvalue weighted by Gasteiger charge is -2.35. The van der Waals surface area contributed by atoms with Gasteiger partial charge in [0.1, 0.15) is 23.0 Å². The SMILES string of the molecule is C=CC(=O)Oc1ccc2cc(C3(c4ccc5cc(OC(=O)C=C)ccc5c4)c4cc5ccccc5cc4-c4cc5c(-c6c(OC(=O)C=C)ccc7cc(C8(c9ccc%10cc(OC(=O)C=C)ccc%10c9)c9ccccc9-c9c8ccc8ccccc98)ccc67)cccc5cc43)ccc2c1. The number of ether oxygens (including phenoxy) is 4. The van der Waals surface area contributed by atoms with Crippen molar-refractivity contribution in [2.24, 2.45) is 0 Å². The average Bonchev–Trinajstić information content (AvgIpc) is 1.52. The van der Waals surface area contributed by atoms with Crippen LogP contribution in [0.5, 0.6) is 23.0 Å². The Labute approximate surface area is 563 Å². The lowest BCUT2D eigenvalue weighted by atomic mass is 9.66. The number of fused-ring (bicyclic) bond motifs is 14.